The minimum Gasteiger partial charge on any atom is -0.481 e. The number of carboxylic acids is 1. The Labute approximate surface area is 106 Å². The molecule has 1 aromatic carbocycles. The summed E-state index contributed by atoms with van der Waals surface area (Å²) in [6.07, 6.45) is 0. The number of halogens is 2. The zero-order valence-electron chi connectivity index (χ0n) is 9.04. The maximum Gasteiger partial charge on any atom is 0.308 e. The lowest BCUT2D eigenvalue weighted by Crippen LogP contribution is -2.31. The van der Waals surface area contributed by atoms with E-state index >= 15 is 0 Å². The summed E-state index contributed by atoms with van der Waals surface area (Å²) in [6.45, 7) is 1.47. The molecule has 1 amide bonds. The molecule has 0 radical (unpaired) electrons. The third-order valence-corrected chi connectivity index (χ3v) is 2.99. The van der Waals surface area contributed by atoms with Crippen LogP contribution in [0, 0.1) is 11.7 Å². The number of hydrogen-bond acceptors (Lipinski definition) is 2. The molecule has 0 spiro atoms. The highest BCUT2D eigenvalue weighted by molar-refractivity contribution is 9.10. The number of rotatable bonds is 4. The first kappa shape index (κ1) is 13.6. The monoisotopic (exact) mass is 303 g/mol. The quantitative estimate of drug-likeness (QED) is 0.894. The van der Waals surface area contributed by atoms with Crippen molar-refractivity contribution >= 4 is 27.8 Å². The molecule has 0 fully saturated rings. The largest absolute Gasteiger partial charge is 0.481 e. The van der Waals surface area contributed by atoms with Crippen molar-refractivity contribution in [3.8, 4) is 0 Å². The number of hydrogen-bond donors (Lipinski definition) is 2. The van der Waals surface area contributed by atoms with Crippen LogP contribution in [0.3, 0.4) is 0 Å². The summed E-state index contributed by atoms with van der Waals surface area (Å²) in [5.41, 5.74) is 0.141. The number of carboxylic acid groups (broad SMARTS) is 1. The summed E-state index contributed by atoms with van der Waals surface area (Å²) in [5, 5.41) is 11.1. The second-order valence-electron chi connectivity index (χ2n) is 3.55. The van der Waals surface area contributed by atoms with Crippen LogP contribution in [-0.2, 0) is 4.79 Å². The molecule has 0 heterocycles. The first-order valence-corrected chi connectivity index (χ1v) is 5.67. The van der Waals surface area contributed by atoms with Gasteiger partial charge in [0.05, 0.1) is 16.0 Å². The van der Waals surface area contributed by atoms with Crippen molar-refractivity contribution in [2.24, 2.45) is 5.92 Å². The Morgan fingerprint density at radius 2 is 2.18 bits per heavy atom. The predicted molar refractivity (Wildman–Crippen MR) is 63.2 cm³/mol. The van der Waals surface area contributed by atoms with Crippen molar-refractivity contribution in [1.82, 2.24) is 5.32 Å². The van der Waals surface area contributed by atoms with E-state index in [-0.39, 0.29) is 16.6 Å². The molecule has 0 aliphatic heterocycles. The van der Waals surface area contributed by atoms with Gasteiger partial charge in [0, 0.05) is 6.54 Å². The first-order chi connectivity index (χ1) is 7.93. The Morgan fingerprint density at radius 1 is 1.53 bits per heavy atom. The van der Waals surface area contributed by atoms with Gasteiger partial charge in [0.15, 0.2) is 0 Å². The van der Waals surface area contributed by atoms with Crippen LogP contribution in [-0.4, -0.2) is 23.5 Å². The summed E-state index contributed by atoms with van der Waals surface area (Å²) in [6, 6.07) is 4.09. The van der Waals surface area contributed by atoms with E-state index in [2.05, 4.69) is 21.2 Å². The summed E-state index contributed by atoms with van der Waals surface area (Å²) < 4.78 is 13.2. The summed E-state index contributed by atoms with van der Waals surface area (Å²) >= 11 is 2.96. The second kappa shape index (κ2) is 5.77. The smallest absolute Gasteiger partial charge is 0.308 e. The molecule has 1 aromatic rings. The van der Waals surface area contributed by atoms with Gasteiger partial charge in [0.1, 0.15) is 5.82 Å². The first-order valence-electron chi connectivity index (χ1n) is 4.88. The van der Waals surface area contributed by atoms with Crippen LogP contribution < -0.4 is 5.32 Å². The minimum atomic E-state index is -0.997. The van der Waals surface area contributed by atoms with Crippen LogP contribution in [0.1, 0.15) is 17.3 Å². The maximum atomic E-state index is 13.1. The third-order valence-electron chi connectivity index (χ3n) is 2.19. The molecule has 0 aliphatic rings. The normalized spacial score (nSPS) is 11.9. The second-order valence-corrected chi connectivity index (χ2v) is 4.34. The third kappa shape index (κ3) is 3.52. The Kier molecular flexibility index (Phi) is 4.62. The van der Waals surface area contributed by atoms with E-state index in [0.717, 1.165) is 0 Å². The molecule has 6 heteroatoms. The van der Waals surface area contributed by atoms with Gasteiger partial charge in [-0.25, -0.2) is 4.39 Å². The van der Waals surface area contributed by atoms with E-state index in [1.807, 2.05) is 0 Å². The lowest BCUT2D eigenvalue weighted by Gasteiger charge is -2.09. The van der Waals surface area contributed by atoms with Crippen molar-refractivity contribution in [2.75, 3.05) is 6.54 Å². The van der Waals surface area contributed by atoms with E-state index in [1.165, 1.54) is 25.1 Å². The van der Waals surface area contributed by atoms with Gasteiger partial charge in [-0.15, -0.1) is 0 Å². The van der Waals surface area contributed by atoms with Crippen LogP contribution in [0.15, 0.2) is 22.7 Å². The fraction of sp³-hybridized carbons (Fsp3) is 0.273. The lowest BCUT2D eigenvalue weighted by molar-refractivity contribution is -0.140. The van der Waals surface area contributed by atoms with Gasteiger partial charge in [-0.3, -0.25) is 9.59 Å². The van der Waals surface area contributed by atoms with Gasteiger partial charge < -0.3 is 10.4 Å². The van der Waals surface area contributed by atoms with Crippen molar-refractivity contribution < 1.29 is 19.1 Å². The molecule has 0 bridgehead atoms. The maximum absolute atomic E-state index is 13.1. The molecule has 1 atom stereocenters. The van der Waals surface area contributed by atoms with E-state index in [1.54, 1.807) is 0 Å². The lowest BCUT2D eigenvalue weighted by atomic mass is 10.1. The van der Waals surface area contributed by atoms with Crippen molar-refractivity contribution in [3.63, 3.8) is 0 Å². The zero-order valence-corrected chi connectivity index (χ0v) is 10.6. The molecule has 1 rings (SSSR count). The van der Waals surface area contributed by atoms with Crippen LogP contribution >= 0.6 is 15.9 Å². The molecule has 4 nitrogen and oxygen atoms in total. The fourth-order valence-corrected chi connectivity index (χ4v) is 1.55. The standard InChI is InChI=1S/C11H11BrFNO3/c1-6(11(16)17)5-14-10(15)7-3-2-4-8(13)9(7)12/h2-4,6H,5H2,1H3,(H,14,15)(H,16,17). The minimum absolute atomic E-state index is 0.00286. The number of carbonyl (C=O) groups is 2. The average Bonchev–Trinajstić information content (AvgIpc) is 2.29. The molecule has 92 valence electrons. The highest BCUT2D eigenvalue weighted by Gasteiger charge is 2.16. The van der Waals surface area contributed by atoms with Gasteiger partial charge >= 0.3 is 5.97 Å². The Hall–Kier alpha value is -1.43. The Morgan fingerprint density at radius 3 is 2.76 bits per heavy atom. The van der Waals surface area contributed by atoms with Gasteiger partial charge in [0.25, 0.3) is 5.91 Å². The van der Waals surface area contributed by atoms with Crippen molar-refractivity contribution in [2.45, 2.75) is 6.92 Å². The van der Waals surface area contributed by atoms with Gasteiger partial charge in [-0.2, -0.15) is 0 Å². The van der Waals surface area contributed by atoms with Crippen LogP contribution in [0.4, 0.5) is 4.39 Å². The molecule has 17 heavy (non-hydrogen) atoms. The Balaban J connectivity index is 2.71. The van der Waals surface area contributed by atoms with E-state index in [4.69, 9.17) is 5.11 Å². The number of aliphatic carboxylic acids is 1. The van der Waals surface area contributed by atoms with Crippen molar-refractivity contribution in [3.05, 3.63) is 34.1 Å². The molecular formula is C11H11BrFNO3. The Bertz CT molecular complexity index is 450. The van der Waals surface area contributed by atoms with Crippen LogP contribution in [0.25, 0.3) is 0 Å². The number of amides is 1. The number of carbonyl (C=O) groups excluding carboxylic acids is 1. The molecule has 0 aliphatic carbocycles. The average molecular weight is 304 g/mol. The highest BCUT2D eigenvalue weighted by Crippen LogP contribution is 2.20. The summed E-state index contributed by atoms with van der Waals surface area (Å²) in [5.74, 6) is -2.73. The highest BCUT2D eigenvalue weighted by atomic mass is 79.9. The number of benzene rings is 1. The van der Waals surface area contributed by atoms with Gasteiger partial charge in [-0.05, 0) is 28.1 Å². The summed E-state index contributed by atoms with van der Waals surface area (Å²) in [7, 11) is 0. The summed E-state index contributed by atoms with van der Waals surface area (Å²) in [4.78, 5) is 22.2. The van der Waals surface area contributed by atoms with Crippen molar-refractivity contribution in [1.29, 1.82) is 0 Å². The molecule has 1 unspecified atom stereocenters. The van der Waals surface area contributed by atoms with E-state index in [0.29, 0.717) is 0 Å². The molecule has 0 saturated carbocycles. The van der Waals surface area contributed by atoms with E-state index in [9.17, 15) is 14.0 Å². The molecule has 2 N–H and O–H groups in total. The van der Waals surface area contributed by atoms with Gasteiger partial charge in [0.2, 0.25) is 0 Å². The molecular weight excluding hydrogens is 293 g/mol. The molecule has 0 aromatic heterocycles. The topological polar surface area (TPSA) is 66.4 Å². The predicted octanol–water partition coefficient (Wildman–Crippen LogP) is 2.04. The zero-order chi connectivity index (χ0) is 13.0. The fourth-order valence-electron chi connectivity index (χ4n) is 1.11. The van der Waals surface area contributed by atoms with Crippen LogP contribution in [0.2, 0.25) is 0 Å². The number of nitrogens with one attached hydrogen (secondary N) is 1. The SMILES string of the molecule is CC(CNC(=O)c1cccc(F)c1Br)C(=O)O. The van der Waals surface area contributed by atoms with Gasteiger partial charge in [-0.1, -0.05) is 13.0 Å². The molecule has 0 saturated heterocycles. The van der Waals surface area contributed by atoms with Crippen LogP contribution in [0.5, 0.6) is 0 Å². The van der Waals surface area contributed by atoms with E-state index < -0.39 is 23.6 Å².